The molecule has 0 unspecified atom stereocenters. The van der Waals surface area contributed by atoms with Crippen molar-refractivity contribution in [3.63, 3.8) is 0 Å². The molecule has 1 rings (SSSR count). The van der Waals surface area contributed by atoms with Crippen molar-refractivity contribution < 1.29 is 0 Å². The van der Waals surface area contributed by atoms with E-state index in [1.165, 1.54) is 25.7 Å². The minimum absolute atomic E-state index is 0.579. The standard InChI is InChI=1S/C9H13Br/c1-2-8-3-5-9(7-10)6-4-8/h1,8-9H,3-7H2/t8-,9-. The van der Waals surface area contributed by atoms with Gasteiger partial charge in [0.15, 0.2) is 0 Å². The summed E-state index contributed by atoms with van der Waals surface area (Å²) in [6, 6.07) is 0. The fourth-order valence-electron chi connectivity index (χ4n) is 1.48. The van der Waals surface area contributed by atoms with Crippen LogP contribution in [0.4, 0.5) is 0 Å². The quantitative estimate of drug-likeness (QED) is 0.452. The Labute approximate surface area is 71.5 Å². The molecule has 0 amide bonds. The predicted octanol–water partition coefficient (Wildman–Crippen LogP) is 2.82. The molecule has 0 aromatic heterocycles. The van der Waals surface area contributed by atoms with E-state index in [-0.39, 0.29) is 0 Å². The smallest absolute Gasteiger partial charge is 0.0200 e. The topological polar surface area (TPSA) is 0 Å². The minimum Gasteiger partial charge on any atom is -0.120 e. The molecule has 1 aliphatic rings. The second-order valence-corrected chi connectivity index (χ2v) is 3.69. The molecule has 0 spiro atoms. The van der Waals surface area contributed by atoms with Gasteiger partial charge in [0.1, 0.15) is 0 Å². The van der Waals surface area contributed by atoms with Crippen LogP contribution in [0.5, 0.6) is 0 Å². The first-order chi connectivity index (χ1) is 4.86. The molecule has 0 radical (unpaired) electrons. The third-order valence-corrected chi connectivity index (χ3v) is 3.22. The van der Waals surface area contributed by atoms with E-state index >= 15 is 0 Å². The Morgan fingerprint density at radius 3 is 2.30 bits per heavy atom. The number of hydrogen-bond donors (Lipinski definition) is 0. The van der Waals surface area contributed by atoms with Crippen molar-refractivity contribution in [3.05, 3.63) is 0 Å². The van der Waals surface area contributed by atoms with Crippen LogP contribution in [0.15, 0.2) is 0 Å². The number of alkyl halides is 1. The summed E-state index contributed by atoms with van der Waals surface area (Å²) in [6.45, 7) is 0. The van der Waals surface area contributed by atoms with Gasteiger partial charge in [0, 0.05) is 11.2 Å². The monoisotopic (exact) mass is 200 g/mol. The molecular formula is C9H13Br. The van der Waals surface area contributed by atoms with Crippen LogP contribution in [0.1, 0.15) is 25.7 Å². The van der Waals surface area contributed by atoms with Gasteiger partial charge in [-0.05, 0) is 31.6 Å². The Morgan fingerprint density at radius 2 is 1.90 bits per heavy atom. The highest BCUT2D eigenvalue weighted by molar-refractivity contribution is 9.09. The lowest BCUT2D eigenvalue weighted by atomic mass is 9.83. The Morgan fingerprint density at radius 1 is 1.30 bits per heavy atom. The molecular weight excluding hydrogens is 188 g/mol. The molecule has 0 N–H and O–H groups in total. The third kappa shape index (κ3) is 2.02. The third-order valence-electron chi connectivity index (χ3n) is 2.30. The summed E-state index contributed by atoms with van der Waals surface area (Å²) in [5, 5.41) is 1.16. The molecule has 0 bridgehead atoms. The lowest BCUT2D eigenvalue weighted by molar-refractivity contribution is 0.343. The van der Waals surface area contributed by atoms with Gasteiger partial charge in [-0.2, -0.15) is 0 Å². The Kier molecular flexibility index (Phi) is 3.28. The summed E-state index contributed by atoms with van der Waals surface area (Å²) in [5.74, 6) is 4.31. The molecule has 0 aromatic carbocycles. The van der Waals surface area contributed by atoms with Crippen LogP contribution in [-0.4, -0.2) is 5.33 Å². The average Bonchev–Trinajstić information content (AvgIpc) is 2.05. The molecule has 0 saturated heterocycles. The molecule has 1 heteroatoms. The molecule has 0 nitrogen and oxygen atoms in total. The lowest BCUT2D eigenvalue weighted by Gasteiger charge is -2.23. The SMILES string of the molecule is C#C[C@H]1CC[C@H](CBr)CC1. The second-order valence-electron chi connectivity index (χ2n) is 3.04. The molecule has 56 valence electrons. The van der Waals surface area contributed by atoms with Crippen LogP contribution in [0.25, 0.3) is 0 Å². The van der Waals surface area contributed by atoms with Gasteiger partial charge >= 0.3 is 0 Å². The first kappa shape index (κ1) is 8.14. The molecule has 10 heavy (non-hydrogen) atoms. The van der Waals surface area contributed by atoms with E-state index in [1.807, 2.05) is 0 Å². The van der Waals surface area contributed by atoms with Crippen molar-refractivity contribution in [2.24, 2.45) is 11.8 Å². The van der Waals surface area contributed by atoms with E-state index in [1.54, 1.807) is 0 Å². The van der Waals surface area contributed by atoms with E-state index in [4.69, 9.17) is 6.42 Å². The van der Waals surface area contributed by atoms with E-state index in [0.29, 0.717) is 5.92 Å². The number of halogens is 1. The largest absolute Gasteiger partial charge is 0.120 e. The average molecular weight is 201 g/mol. The summed E-state index contributed by atoms with van der Waals surface area (Å²) in [7, 11) is 0. The summed E-state index contributed by atoms with van der Waals surface area (Å²) in [6.07, 6.45) is 10.5. The first-order valence-electron chi connectivity index (χ1n) is 3.89. The van der Waals surface area contributed by atoms with Crippen LogP contribution in [-0.2, 0) is 0 Å². The van der Waals surface area contributed by atoms with Gasteiger partial charge in [0.25, 0.3) is 0 Å². The number of rotatable bonds is 1. The van der Waals surface area contributed by atoms with Crippen molar-refractivity contribution in [2.45, 2.75) is 25.7 Å². The van der Waals surface area contributed by atoms with Crippen molar-refractivity contribution in [2.75, 3.05) is 5.33 Å². The Bertz CT molecular complexity index is 126. The Balaban J connectivity index is 2.25. The van der Waals surface area contributed by atoms with Gasteiger partial charge in [-0.25, -0.2) is 0 Å². The van der Waals surface area contributed by atoms with E-state index in [2.05, 4.69) is 21.9 Å². The number of terminal acetylenes is 1. The maximum atomic E-state index is 5.33. The van der Waals surface area contributed by atoms with Gasteiger partial charge in [-0.3, -0.25) is 0 Å². The summed E-state index contributed by atoms with van der Waals surface area (Å²) in [5.41, 5.74) is 0. The Hall–Kier alpha value is 0.0400. The fraction of sp³-hybridized carbons (Fsp3) is 0.778. The van der Waals surface area contributed by atoms with Crippen LogP contribution >= 0.6 is 15.9 Å². The van der Waals surface area contributed by atoms with Crippen molar-refractivity contribution in [1.29, 1.82) is 0 Å². The maximum Gasteiger partial charge on any atom is 0.0200 e. The summed E-state index contributed by atoms with van der Waals surface area (Å²) in [4.78, 5) is 0. The van der Waals surface area contributed by atoms with E-state index in [9.17, 15) is 0 Å². The zero-order valence-electron chi connectivity index (χ0n) is 6.15. The van der Waals surface area contributed by atoms with E-state index < -0.39 is 0 Å². The predicted molar refractivity (Wildman–Crippen MR) is 48.1 cm³/mol. The number of hydrogen-bond acceptors (Lipinski definition) is 0. The zero-order chi connectivity index (χ0) is 7.40. The first-order valence-corrected chi connectivity index (χ1v) is 5.01. The molecule has 0 heterocycles. The highest BCUT2D eigenvalue weighted by Gasteiger charge is 2.17. The van der Waals surface area contributed by atoms with Gasteiger partial charge < -0.3 is 0 Å². The van der Waals surface area contributed by atoms with Crippen molar-refractivity contribution >= 4 is 15.9 Å². The highest BCUT2D eigenvalue weighted by atomic mass is 79.9. The maximum absolute atomic E-state index is 5.33. The van der Waals surface area contributed by atoms with Crippen LogP contribution in [0.2, 0.25) is 0 Å². The van der Waals surface area contributed by atoms with Gasteiger partial charge in [0.05, 0.1) is 0 Å². The molecule has 0 aromatic rings. The fourth-order valence-corrected chi connectivity index (χ4v) is 2.13. The second kappa shape index (κ2) is 4.03. The van der Waals surface area contributed by atoms with E-state index in [0.717, 1.165) is 11.2 Å². The lowest BCUT2D eigenvalue weighted by Crippen LogP contribution is -2.13. The van der Waals surface area contributed by atoms with Crippen LogP contribution in [0.3, 0.4) is 0 Å². The summed E-state index contributed by atoms with van der Waals surface area (Å²) < 4.78 is 0. The zero-order valence-corrected chi connectivity index (χ0v) is 7.73. The highest BCUT2D eigenvalue weighted by Crippen LogP contribution is 2.28. The minimum atomic E-state index is 0.579. The van der Waals surface area contributed by atoms with Crippen molar-refractivity contribution in [1.82, 2.24) is 0 Å². The van der Waals surface area contributed by atoms with Gasteiger partial charge in [0.2, 0.25) is 0 Å². The van der Waals surface area contributed by atoms with Crippen molar-refractivity contribution in [3.8, 4) is 12.3 Å². The van der Waals surface area contributed by atoms with Gasteiger partial charge in [-0.1, -0.05) is 15.9 Å². The van der Waals surface area contributed by atoms with Crippen LogP contribution in [0, 0.1) is 24.2 Å². The molecule has 1 saturated carbocycles. The summed E-state index contributed by atoms with van der Waals surface area (Å²) >= 11 is 3.50. The molecule has 1 aliphatic carbocycles. The van der Waals surface area contributed by atoms with Crippen LogP contribution < -0.4 is 0 Å². The molecule has 0 atom stereocenters. The normalized spacial score (nSPS) is 33.2. The van der Waals surface area contributed by atoms with Gasteiger partial charge in [-0.15, -0.1) is 12.3 Å². The molecule has 1 fully saturated rings. The molecule has 0 aliphatic heterocycles.